The van der Waals surface area contributed by atoms with Gasteiger partial charge in [-0.2, -0.15) is 0 Å². The Morgan fingerprint density at radius 2 is 1.86 bits per heavy atom. The van der Waals surface area contributed by atoms with E-state index in [9.17, 15) is 0 Å². The lowest BCUT2D eigenvalue weighted by molar-refractivity contribution is 0.235. The molecule has 5 nitrogen and oxygen atoms in total. The molecule has 0 radical (unpaired) electrons. The molecule has 0 N–H and O–H groups in total. The molecule has 0 saturated heterocycles. The van der Waals surface area contributed by atoms with Crippen molar-refractivity contribution in [3.05, 3.63) is 76.8 Å². The van der Waals surface area contributed by atoms with Gasteiger partial charge in [0.05, 0.1) is 23.3 Å². The molecule has 2 aromatic carbocycles. The minimum absolute atomic E-state index is 0.722. The highest BCUT2D eigenvalue weighted by atomic mass is 35.5. The minimum atomic E-state index is 0.722. The maximum absolute atomic E-state index is 5.98. The Morgan fingerprint density at radius 1 is 1.04 bits per heavy atom. The van der Waals surface area contributed by atoms with Crippen LogP contribution < -0.4 is 0 Å². The number of benzene rings is 2. The lowest BCUT2D eigenvalue weighted by Crippen LogP contribution is -2.31. The van der Waals surface area contributed by atoms with Crippen molar-refractivity contribution < 1.29 is 0 Å². The first-order valence-electron chi connectivity index (χ1n) is 9.41. The van der Waals surface area contributed by atoms with E-state index >= 15 is 0 Å². The number of para-hydroxylation sites is 2. The van der Waals surface area contributed by atoms with Gasteiger partial charge in [-0.15, -0.1) is 0 Å². The van der Waals surface area contributed by atoms with Crippen LogP contribution in [0.25, 0.3) is 22.4 Å². The molecule has 28 heavy (non-hydrogen) atoms. The van der Waals surface area contributed by atoms with Crippen molar-refractivity contribution in [3.8, 4) is 11.4 Å². The van der Waals surface area contributed by atoms with Crippen LogP contribution in [0.5, 0.6) is 0 Å². The van der Waals surface area contributed by atoms with Crippen LogP contribution in [0.4, 0.5) is 0 Å². The van der Waals surface area contributed by atoms with Gasteiger partial charge in [-0.1, -0.05) is 23.7 Å². The molecule has 6 heteroatoms. The van der Waals surface area contributed by atoms with Gasteiger partial charge < -0.3 is 4.57 Å². The van der Waals surface area contributed by atoms with E-state index in [4.69, 9.17) is 21.6 Å². The van der Waals surface area contributed by atoms with Gasteiger partial charge >= 0.3 is 0 Å². The smallest absolute Gasteiger partial charge is 0.159 e. The van der Waals surface area contributed by atoms with Crippen LogP contribution in [0.1, 0.15) is 17.1 Å². The number of imidazole rings is 1. The summed E-state index contributed by atoms with van der Waals surface area (Å²) in [5.74, 6) is 1.85. The van der Waals surface area contributed by atoms with Crippen LogP contribution in [0.3, 0.4) is 0 Å². The average molecular weight is 390 g/mol. The highest BCUT2D eigenvalue weighted by Crippen LogP contribution is 2.24. The van der Waals surface area contributed by atoms with Crippen LogP contribution in [-0.4, -0.2) is 31.0 Å². The molecule has 0 fully saturated rings. The van der Waals surface area contributed by atoms with Crippen molar-refractivity contribution in [1.82, 2.24) is 24.4 Å². The van der Waals surface area contributed by atoms with Crippen molar-refractivity contribution in [3.63, 3.8) is 0 Å². The molecule has 0 aliphatic carbocycles. The van der Waals surface area contributed by atoms with Crippen molar-refractivity contribution in [2.75, 3.05) is 6.54 Å². The summed E-state index contributed by atoms with van der Waals surface area (Å²) in [6.45, 7) is 2.64. The first-order valence-corrected chi connectivity index (χ1v) is 9.78. The fraction of sp³-hybridized carbons (Fsp3) is 0.227. The van der Waals surface area contributed by atoms with Gasteiger partial charge in [0.2, 0.25) is 0 Å². The van der Waals surface area contributed by atoms with Crippen LogP contribution in [0.15, 0.2) is 54.7 Å². The predicted octanol–water partition coefficient (Wildman–Crippen LogP) is 4.24. The largest absolute Gasteiger partial charge is 0.330 e. The van der Waals surface area contributed by atoms with E-state index in [1.807, 2.05) is 36.5 Å². The molecule has 5 rings (SSSR count). The standard InChI is InChI=1S/C22H20ClN5/c1-27-20-5-3-2-4-19(20)25-21(27)14-28-11-10-18-16(13-28)12-24-22(26-18)15-6-8-17(23)9-7-15/h2-9,12H,10-11,13-14H2,1H3. The van der Waals surface area contributed by atoms with Gasteiger partial charge in [0, 0.05) is 48.9 Å². The third-order valence-electron chi connectivity index (χ3n) is 5.36. The van der Waals surface area contributed by atoms with Gasteiger partial charge in [0.1, 0.15) is 5.82 Å². The number of halogens is 1. The highest BCUT2D eigenvalue weighted by molar-refractivity contribution is 6.30. The van der Waals surface area contributed by atoms with E-state index in [0.717, 1.165) is 59.5 Å². The van der Waals surface area contributed by atoms with Gasteiger partial charge in [0.25, 0.3) is 0 Å². The van der Waals surface area contributed by atoms with Gasteiger partial charge in [-0.25, -0.2) is 15.0 Å². The molecule has 3 heterocycles. The molecule has 0 atom stereocenters. The third-order valence-corrected chi connectivity index (χ3v) is 5.61. The van der Waals surface area contributed by atoms with E-state index < -0.39 is 0 Å². The molecule has 2 aromatic heterocycles. The van der Waals surface area contributed by atoms with E-state index in [2.05, 4.69) is 39.7 Å². The van der Waals surface area contributed by atoms with Gasteiger partial charge in [-0.3, -0.25) is 4.90 Å². The van der Waals surface area contributed by atoms with Crippen LogP contribution >= 0.6 is 11.6 Å². The number of aryl methyl sites for hydroxylation is 1. The quantitative estimate of drug-likeness (QED) is 0.525. The summed E-state index contributed by atoms with van der Waals surface area (Å²) < 4.78 is 2.19. The fourth-order valence-corrected chi connectivity index (χ4v) is 3.91. The lowest BCUT2D eigenvalue weighted by Gasteiger charge is -2.27. The number of hydrogen-bond acceptors (Lipinski definition) is 4. The number of hydrogen-bond donors (Lipinski definition) is 0. The Kier molecular flexibility index (Phi) is 4.34. The Balaban J connectivity index is 1.36. The third kappa shape index (κ3) is 3.17. The predicted molar refractivity (Wildman–Crippen MR) is 111 cm³/mol. The van der Waals surface area contributed by atoms with Crippen LogP contribution in [-0.2, 0) is 26.6 Å². The monoisotopic (exact) mass is 389 g/mol. The van der Waals surface area contributed by atoms with Crippen LogP contribution in [0, 0.1) is 0 Å². The van der Waals surface area contributed by atoms with E-state index in [-0.39, 0.29) is 0 Å². The second-order valence-electron chi connectivity index (χ2n) is 7.21. The first-order chi connectivity index (χ1) is 13.7. The molecule has 0 spiro atoms. The van der Waals surface area contributed by atoms with Gasteiger partial charge in [0.15, 0.2) is 5.82 Å². The maximum Gasteiger partial charge on any atom is 0.159 e. The summed E-state index contributed by atoms with van der Waals surface area (Å²) in [4.78, 5) is 16.6. The lowest BCUT2D eigenvalue weighted by atomic mass is 10.1. The molecular weight excluding hydrogens is 370 g/mol. The molecule has 140 valence electrons. The second kappa shape index (κ2) is 7.00. The normalized spacial score (nSPS) is 14.4. The SMILES string of the molecule is Cn1c(CN2CCc3nc(-c4ccc(Cl)cc4)ncc3C2)nc2ccccc21. The van der Waals surface area contributed by atoms with E-state index in [1.54, 1.807) is 0 Å². The van der Waals surface area contributed by atoms with Crippen molar-refractivity contribution in [2.45, 2.75) is 19.5 Å². The maximum atomic E-state index is 5.98. The Bertz CT molecular complexity index is 1150. The minimum Gasteiger partial charge on any atom is -0.330 e. The summed E-state index contributed by atoms with van der Waals surface area (Å²) >= 11 is 5.98. The Hall–Kier alpha value is -2.76. The second-order valence-corrected chi connectivity index (χ2v) is 7.65. The zero-order valence-electron chi connectivity index (χ0n) is 15.6. The highest BCUT2D eigenvalue weighted by Gasteiger charge is 2.20. The number of nitrogens with zero attached hydrogens (tertiary/aromatic N) is 5. The molecule has 4 aromatic rings. The molecule has 0 unspecified atom stereocenters. The first kappa shape index (κ1) is 17.3. The fourth-order valence-electron chi connectivity index (χ4n) is 3.78. The zero-order chi connectivity index (χ0) is 19.1. The van der Waals surface area contributed by atoms with Crippen LogP contribution in [0.2, 0.25) is 5.02 Å². The number of aromatic nitrogens is 4. The molecule has 0 bridgehead atoms. The van der Waals surface area contributed by atoms with E-state index in [0.29, 0.717) is 0 Å². The Labute approximate surface area is 168 Å². The summed E-state index contributed by atoms with van der Waals surface area (Å²) in [5, 5.41) is 0.722. The summed E-state index contributed by atoms with van der Waals surface area (Å²) in [7, 11) is 2.09. The average Bonchev–Trinajstić information content (AvgIpc) is 3.04. The number of fused-ring (bicyclic) bond motifs is 2. The van der Waals surface area contributed by atoms with E-state index in [1.165, 1.54) is 11.1 Å². The topological polar surface area (TPSA) is 46.8 Å². The number of rotatable bonds is 3. The molecular formula is C22H20ClN5. The molecule has 0 amide bonds. The Morgan fingerprint density at radius 3 is 2.68 bits per heavy atom. The van der Waals surface area contributed by atoms with Crippen molar-refractivity contribution >= 4 is 22.6 Å². The van der Waals surface area contributed by atoms with Crippen molar-refractivity contribution in [2.24, 2.45) is 7.05 Å². The molecule has 1 aliphatic heterocycles. The molecule has 0 saturated carbocycles. The summed E-state index contributed by atoms with van der Waals surface area (Å²) in [6, 6.07) is 15.9. The summed E-state index contributed by atoms with van der Waals surface area (Å²) in [5.41, 5.74) is 5.55. The molecule has 1 aliphatic rings. The van der Waals surface area contributed by atoms with Crippen molar-refractivity contribution in [1.29, 1.82) is 0 Å². The zero-order valence-corrected chi connectivity index (χ0v) is 16.4. The summed E-state index contributed by atoms with van der Waals surface area (Å²) in [6.07, 6.45) is 2.88. The van der Waals surface area contributed by atoms with Gasteiger partial charge in [-0.05, 0) is 36.4 Å².